The number of nitrogens with one attached hydrogen (secondary N) is 1. The predicted octanol–water partition coefficient (Wildman–Crippen LogP) is 3.06. The van der Waals surface area contributed by atoms with E-state index in [1.54, 1.807) is 37.3 Å². The molecular formula is C31H37NO8. The summed E-state index contributed by atoms with van der Waals surface area (Å²) in [6, 6.07) is 15.2. The fraction of sp³-hybridized carbons (Fsp3) is 0.548. The molecule has 2 aromatic carbocycles. The third-order valence-corrected chi connectivity index (χ3v) is 10.7. The third-order valence-electron chi connectivity index (χ3n) is 10.7. The molecule has 214 valence electrons. The van der Waals surface area contributed by atoms with E-state index in [0.717, 1.165) is 5.56 Å². The van der Waals surface area contributed by atoms with Crippen molar-refractivity contribution >= 4 is 12.1 Å². The standard InChI is InChI=1S/C31H37NO8/c1-5-38-26(36)32-23(18-11-7-6-8-12-18)24(34)25(35)39-22-15-21-27(2,3)28(22,4)30-16-29(37,17-33)19-13-9-10-14-20(19)31(21,30)40-30/h6-14,21-24,33-34,37H,5,15-17H2,1-4H3,(H,32,36)/t21?,22?,23-,24+,28?,29-,30-,31+/m0/s1. The summed E-state index contributed by atoms with van der Waals surface area (Å²) in [6.45, 7) is 7.65. The van der Waals surface area contributed by atoms with Gasteiger partial charge in [-0.05, 0) is 35.4 Å². The van der Waals surface area contributed by atoms with Gasteiger partial charge in [-0.2, -0.15) is 0 Å². The molecule has 9 nitrogen and oxygen atoms in total. The number of carbonyl (C=O) groups is 2. The zero-order chi connectivity index (χ0) is 28.7. The molecule has 2 bridgehead atoms. The molecule has 2 saturated carbocycles. The molecule has 1 aliphatic heterocycles. The van der Waals surface area contributed by atoms with Gasteiger partial charge in [0, 0.05) is 17.8 Å². The Balaban J connectivity index is 1.32. The molecule has 3 fully saturated rings. The topological polar surface area (TPSA) is 138 Å². The van der Waals surface area contributed by atoms with Crippen LogP contribution in [0.4, 0.5) is 4.79 Å². The predicted molar refractivity (Wildman–Crippen MR) is 143 cm³/mol. The first-order chi connectivity index (χ1) is 18.9. The van der Waals surface area contributed by atoms with Crippen LogP contribution in [0.2, 0.25) is 0 Å². The van der Waals surface area contributed by atoms with Crippen molar-refractivity contribution in [3.8, 4) is 0 Å². The summed E-state index contributed by atoms with van der Waals surface area (Å²) in [5, 5.41) is 35.8. The van der Waals surface area contributed by atoms with Crippen molar-refractivity contribution in [1.29, 1.82) is 0 Å². The van der Waals surface area contributed by atoms with Crippen LogP contribution in [0.25, 0.3) is 0 Å². The lowest BCUT2D eigenvalue weighted by molar-refractivity contribution is -0.175. The number of amides is 1. The first-order valence-corrected chi connectivity index (χ1v) is 13.9. The lowest BCUT2D eigenvalue weighted by Crippen LogP contribution is -2.56. The van der Waals surface area contributed by atoms with Gasteiger partial charge in [0.2, 0.25) is 0 Å². The molecule has 3 unspecified atom stereocenters. The van der Waals surface area contributed by atoms with Crippen LogP contribution in [0.5, 0.6) is 0 Å². The van der Waals surface area contributed by atoms with Crippen molar-refractivity contribution in [3.63, 3.8) is 0 Å². The number of fused-ring (bicyclic) bond motifs is 3. The highest BCUT2D eigenvalue weighted by Crippen LogP contribution is 2.89. The van der Waals surface area contributed by atoms with E-state index in [1.165, 1.54) is 0 Å². The minimum absolute atomic E-state index is 0.0353. The van der Waals surface area contributed by atoms with Gasteiger partial charge in [0.1, 0.15) is 22.9 Å². The van der Waals surface area contributed by atoms with E-state index in [1.807, 2.05) is 31.2 Å². The number of epoxide rings is 1. The van der Waals surface area contributed by atoms with Crippen molar-refractivity contribution in [2.45, 2.75) is 75.6 Å². The number of benzene rings is 2. The van der Waals surface area contributed by atoms with Crippen LogP contribution >= 0.6 is 0 Å². The Hall–Kier alpha value is -2.98. The molecule has 9 heteroatoms. The monoisotopic (exact) mass is 551 g/mol. The molecule has 4 N–H and O–H groups in total. The Morgan fingerprint density at radius 3 is 2.38 bits per heavy atom. The summed E-state index contributed by atoms with van der Waals surface area (Å²) in [5.41, 5.74) is -2.04. The number of hydrogen-bond donors (Lipinski definition) is 4. The Morgan fingerprint density at radius 2 is 1.73 bits per heavy atom. The van der Waals surface area contributed by atoms with E-state index in [0.29, 0.717) is 17.5 Å². The number of hydrogen-bond acceptors (Lipinski definition) is 8. The summed E-state index contributed by atoms with van der Waals surface area (Å²) in [4.78, 5) is 25.8. The number of aliphatic hydroxyl groups excluding tert-OH is 2. The largest absolute Gasteiger partial charge is 0.460 e. The van der Waals surface area contributed by atoms with Crippen LogP contribution in [0.1, 0.15) is 63.3 Å². The maximum absolute atomic E-state index is 13.5. The molecule has 1 heterocycles. The zero-order valence-electron chi connectivity index (χ0n) is 23.2. The molecule has 1 amide bonds. The smallest absolute Gasteiger partial charge is 0.407 e. The molecule has 3 aliphatic carbocycles. The van der Waals surface area contributed by atoms with Crippen LogP contribution < -0.4 is 5.32 Å². The first kappa shape index (κ1) is 27.2. The Kier molecular flexibility index (Phi) is 5.96. The van der Waals surface area contributed by atoms with Crippen LogP contribution in [-0.4, -0.2) is 58.4 Å². The number of ether oxygens (including phenoxy) is 3. The fourth-order valence-electron chi connectivity index (χ4n) is 8.56. The second-order valence-corrected chi connectivity index (χ2v) is 12.4. The lowest BCUT2D eigenvalue weighted by Gasteiger charge is -2.47. The third kappa shape index (κ3) is 3.17. The van der Waals surface area contributed by atoms with Crippen molar-refractivity contribution in [2.75, 3.05) is 13.2 Å². The Labute approximate surface area is 233 Å². The van der Waals surface area contributed by atoms with E-state index >= 15 is 0 Å². The van der Waals surface area contributed by atoms with Gasteiger partial charge in [0.15, 0.2) is 6.10 Å². The van der Waals surface area contributed by atoms with Crippen LogP contribution in [0, 0.1) is 16.7 Å². The highest BCUT2D eigenvalue weighted by Gasteiger charge is 2.96. The van der Waals surface area contributed by atoms with Gasteiger partial charge < -0.3 is 34.8 Å². The zero-order valence-corrected chi connectivity index (χ0v) is 23.2. The molecule has 4 aliphatic rings. The van der Waals surface area contributed by atoms with Crippen molar-refractivity contribution < 1.29 is 39.1 Å². The van der Waals surface area contributed by atoms with E-state index in [-0.39, 0.29) is 24.4 Å². The minimum atomic E-state index is -1.69. The lowest BCUT2D eigenvalue weighted by atomic mass is 9.57. The summed E-state index contributed by atoms with van der Waals surface area (Å²) >= 11 is 0. The second kappa shape index (κ2) is 8.76. The molecular weight excluding hydrogens is 514 g/mol. The fourth-order valence-corrected chi connectivity index (χ4v) is 8.56. The van der Waals surface area contributed by atoms with Crippen molar-refractivity contribution in [3.05, 3.63) is 71.3 Å². The first-order valence-electron chi connectivity index (χ1n) is 13.9. The number of esters is 1. The van der Waals surface area contributed by atoms with Gasteiger partial charge in [0.25, 0.3) is 0 Å². The molecule has 0 spiro atoms. The number of aliphatic hydroxyl groups is 3. The van der Waals surface area contributed by atoms with E-state index in [2.05, 4.69) is 19.2 Å². The minimum Gasteiger partial charge on any atom is -0.460 e. The van der Waals surface area contributed by atoms with Gasteiger partial charge >= 0.3 is 12.1 Å². The van der Waals surface area contributed by atoms with Gasteiger partial charge in [-0.15, -0.1) is 0 Å². The van der Waals surface area contributed by atoms with Gasteiger partial charge in [-0.3, -0.25) is 0 Å². The molecule has 8 atom stereocenters. The second-order valence-electron chi connectivity index (χ2n) is 12.4. The number of carbonyl (C=O) groups excluding carboxylic acids is 2. The quantitative estimate of drug-likeness (QED) is 0.304. The SMILES string of the molecule is CCOC(=O)N[C@@H](c1ccccc1)[C@@H](O)C(=O)OC1CC2C(C)(C)C1(C)[C@@]13C[C@](O)(CO)c4ccccc4[C@@]21O3. The molecule has 40 heavy (non-hydrogen) atoms. The summed E-state index contributed by atoms with van der Waals surface area (Å²) in [6.07, 6.45) is -2.40. The molecule has 0 radical (unpaired) electrons. The van der Waals surface area contributed by atoms with E-state index < -0.39 is 59.1 Å². The molecule has 0 aromatic heterocycles. The van der Waals surface area contributed by atoms with E-state index in [9.17, 15) is 24.9 Å². The van der Waals surface area contributed by atoms with Gasteiger partial charge in [-0.1, -0.05) is 75.4 Å². The molecule has 2 aromatic rings. The summed E-state index contributed by atoms with van der Waals surface area (Å²) < 4.78 is 17.8. The maximum atomic E-state index is 13.5. The van der Waals surface area contributed by atoms with Gasteiger partial charge in [-0.25, -0.2) is 9.59 Å². The van der Waals surface area contributed by atoms with Crippen LogP contribution in [0.3, 0.4) is 0 Å². The highest BCUT2D eigenvalue weighted by atomic mass is 16.6. The average Bonchev–Trinajstić information content (AvgIpc) is 3.57. The summed E-state index contributed by atoms with van der Waals surface area (Å²) in [5.74, 6) is -0.900. The van der Waals surface area contributed by atoms with Crippen LogP contribution in [0.15, 0.2) is 54.6 Å². The Bertz CT molecular complexity index is 1350. The molecule has 6 rings (SSSR count). The Morgan fingerprint density at radius 1 is 1.07 bits per heavy atom. The number of alkyl carbamates (subject to hydrolysis) is 1. The maximum Gasteiger partial charge on any atom is 0.407 e. The van der Waals surface area contributed by atoms with Crippen molar-refractivity contribution in [1.82, 2.24) is 5.32 Å². The normalized spacial score (nSPS) is 37.4. The number of rotatable bonds is 7. The van der Waals surface area contributed by atoms with Crippen molar-refractivity contribution in [2.24, 2.45) is 16.7 Å². The van der Waals surface area contributed by atoms with E-state index in [4.69, 9.17) is 14.2 Å². The van der Waals surface area contributed by atoms with Crippen LogP contribution in [-0.2, 0) is 30.2 Å². The average molecular weight is 552 g/mol. The highest BCUT2D eigenvalue weighted by molar-refractivity contribution is 5.78. The molecule has 1 saturated heterocycles. The van der Waals surface area contributed by atoms with Gasteiger partial charge in [0.05, 0.1) is 19.3 Å². The summed E-state index contributed by atoms with van der Waals surface area (Å²) in [7, 11) is 0.